The molecule has 1 aliphatic heterocycles. The molecule has 0 unspecified atom stereocenters. The largest absolute Gasteiger partial charge is 0.483 e. The lowest BCUT2D eigenvalue weighted by molar-refractivity contribution is -0.146. The highest BCUT2D eigenvalue weighted by molar-refractivity contribution is 5.69. The molecule has 0 amide bonds. The van der Waals surface area contributed by atoms with Crippen molar-refractivity contribution >= 4 is 18.4 Å². The summed E-state index contributed by atoms with van der Waals surface area (Å²) in [4.78, 5) is 34.9. The second kappa shape index (κ2) is 45.4. The van der Waals surface area contributed by atoms with Crippen LogP contribution < -0.4 is 0 Å². The van der Waals surface area contributed by atoms with Gasteiger partial charge in [0.1, 0.15) is 0 Å². The SMILES string of the molecule is CCC(CC)COC(=O)CCCC/C=C\CCCCCCCCC(CCCCCCCC/C=C\CCCCC(=O)OCC(CC)CC)CCCN1CCCCC1.O=CO. The Bertz CT molecular complexity index is 906. The summed E-state index contributed by atoms with van der Waals surface area (Å²) in [6.45, 7) is 13.6. The van der Waals surface area contributed by atoms with E-state index < -0.39 is 0 Å². The van der Waals surface area contributed by atoms with Crippen LogP contribution in [-0.2, 0) is 23.9 Å². The molecule has 7 nitrogen and oxygen atoms in total. The lowest BCUT2D eigenvalue weighted by Gasteiger charge is -2.27. The van der Waals surface area contributed by atoms with Crippen LogP contribution in [0.2, 0.25) is 0 Å². The molecule has 0 aromatic heterocycles. The predicted molar refractivity (Wildman–Crippen MR) is 251 cm³/mol. The van der Waals surface area contributed by atoms with Crippen LogP contribution in [0, 0.1) is 17.8 Å². The number of carbonyl (C=O) groups is 3. The van der Waals surface area contributed by atoms with Gasteiger partial charge in [0.25, 0.3) is 6.47 Å². The maximum absolute atomic E-state index is 11.9. The lowest BCUT2D eigenvalue weighted by atomic mass is 9.90. The molecule has 0 spiro atoms. The van der Waals surface area contributed by atoms with Gasteiger partial charge in [-0.25, -0.2) is 0 Å². The molecule has 0 aliphatic carbocycles. The van der Waals surface area contributed by atoms with Gasteiger partial charge >= 0.3 is 11.9 Å². The zero-order valence-electron chi connectivity index (χ0n) is 39.4. The van der Waals surface area contributed by atoms with E-state index in [1.807, 2.05) is 0 Å². The van der Waals surface area contributed by atoms with Crippen LogP contribution in [-0.4, -0.2) is 61.3 Å². The van der Waals surface area contributed by atoms with E-state index in [1.165, 1.54) is 154 Å². The number of nitrogens with zero attached hydrogens (tertiary/aromatic N) is 1. The molecule has 0 saturated carbocycles. The molecule has 1 rings (SSSR count). The fourth-order valence-electron chi connectivity index (χ4n) is 8.17. The van der Waals surface area contributed by atoms with Crippen molar-refractivity contribution in [2.45, 2.75) is 240 Å². The summed E-state index contributed by atoms with van der Waals surface area (Å²) in [5.41, 5.74) is 0. The maximum Gasteiger partial charge on any atom is 0.305 e. The number of esters is 2. The van der Waals surface area contributed by atoms with Gasteiger partial charge in [-0.15, -0.1) is 0 Å². The third-order valence-corrected chi connectivity index (χ3v) is 12.6. The first kappa shape index (κ1) is 56.9. The van der Waals surface area contributed by atoms with Crippen molar-refractivity contribution in [3.8, 4) is 0 Å². The summed E-state index contributed by atoms with van der Waals surface area (Å²) in [5, 5.41) is 6.89. The van der Waals surface area contributed by atoms with E-state index in [2.05, 4.69) is 56.9 Å². The van der Waals surface area contributed by atoms with Crippen LogP contribution >= 0.6 is 0 Å². The van der Waals surface area contributed by atoms with Gasteiger partial charge in [-0.3, -0.25) is 14.4 Å². The molecule has 1 heterocycles. The number of ether oxygens (including phenoxy) is 2. The Kier molecular flexibility index (Phi) is 43.7. The zero-order valence-corrected chi connectivity index (χ0v) is 39.4. The molecular weight excluding hydrogens is 735 g/mol. The van der Waals surface area contributed by atoms with E-state index in [0.717, 1.165) is 70.1 Å². The molecule has 0 aromatic rings. The van der Waals surface area contributed by atoms with Crippen molar-refractivity contribution in [3.05, 3.63) is 24.3 Å². The summed E-state index contributed by atoms with van der Waals surface area (Å²) < 4.78 is 10.9. The molecule has 59 heavy (non-hydrogen) atoms. The first-order valence-electron chi connectivity index (χ1n) is 25.3. The van der Waals surface area contributed by atoms with Gasteiger partial charge in [0.15, 0.2) is 0 Å². The minimum atomic E-state index is -0.250. The van der Waals surface area contributed by atoms with Crippen LogP contribution in [0.3, 0.4) is 0 Å². The molecule has 1 fully saturated rings. The van der Waals surface area contributed by atoms with Crippen LogP contribution in [0.15, 0.2) is 24.3 Å². The molecular formula is C52H97NO6. The summed E-state index contributed by atoms with van der Waals surface area (Å²) in [7, 11) is 0. The van der Waals surface area contributed by atoms with Crippen molar-refractivity contribution in [2.75, 3.05) is 32.8 Å². The fraction of sp³-hybridized carbons (Fsp3) is 0.865. The third-order valence-electron chi connectivity index (χ3n) is 12.6. The summed E-state index contributed by atoms with van der Waals surface area (Å²) in [6, 6.07) is 0. The first-order valence-corrected chi connectivity index (χ1v) is 25.3. The Morgan fingerprint density at radius 2 is 0.831 bits per heavy atom. The Labute approximate surface area is 365 Å². The Morgan fingerprint density at radius 1 is 0.492 bits per heavy atom. The van der Waals surface area contributed by atoms with E-state index in [1.54, 1.807) is 0 Å². The van der Waals surface area contributed by atoms with E-state index >= 15 is 0 Å². The Morgan fingerprint density at radius 3 is 1.22 bits per heavy atom. The standard InChI is InChI=1S/C51H95NO4.CH2O2/c1-5-47(6-2)45-55-50(53)40-32-27-23-19-15-11-9-13-17-21-25-30-37-49(39-36-44-52-42-34-29-35-43-52)38-31-26-22-18-14-10-12-16-20-24-28-33-41-51(54)56-46-48(7-3)8-4;2-1-3/h15-16,19-20,47-49H,5-14,17-18,21-46H2,1-4H3;1H,(H,2,3)/b19-15-,20-16-;. The predicted octanol–water partition coefficient (Wildman–Crippen LogP) is 15.0. The second-order valence-corrected chi connectivity index (χ2v) is 17.6. The minimum Gasteiger partial charge on any atom is -0.483 e. The van der Waals surface area contributed by atoms with Crippen LogP contribution in [0.25, 0.3) is 0 Å². The molecule has 1 N–H and O–H groups in total. The second-order valence-electron chi connectivity index (χ2n) is 17.6. The summed E-state index contributed by atoms with van der Waals surface area (Å²) >= 11 is 0. The molecule has 1 aliphatic rings. The van der Waals surface area contributed by atoms with Gasteiger partial charge in [0.2, 0.25) is 0 Å². The zero-order chi connectivity index (χ0) is 43.3. The number of rotatable bonds is 40. The van der Waals surface area contributed by atoms with Gasteiger partial charge < -0.3 is 19.5 Å². The molecule has 0 atom stereocenters. The number of hydrogen-bond donors (Lipinski definition) is 1. The molecule has 0 aromatic carbocycles. The fourth-order valence-corrected chi connectivity index (χ4v) is 8.17. The van der Waals surface area contributed by atoms with E-state index in [-0.39, 0.29) is 18.4 Å². The van der Waals surface area contributed by atoms with Gasteiger partial charge in [-0.1, -0.05) is 161 Å². The molecule has 1 saturated heterocycles. The average molecular weight is 832 g/mol. The normalized spacial score (nSPS) is 13.5. The topological polar surface area (TPSA) is 93.1 Å². The first-order chi connectivity index (χ1) is 28.9. The van der Waals surface area contributed by atoms with E-state index in [0.29, 0.717) is 37.9 Å². The monoisotopic (exact) mass is 832 g/mol. The van der Waals surface area contributed by atoms with Gasteiger partial charge in [-0.2, -0.15) is 0 Å². The van der Waals surface area contributed by atoms with Crippen molar-refractivity contribution in [1.82, 2.24) is 4.90 Å². The third kappa shape index (κ3) is 39.7. The molecule has 0 bridgehead atoms. The average Bonchev–Trinajstić information content (AvgIpc) is 3.24. The number of hydrogen-bond acceptors (Lipinski definition) is 6. The molecule has 346 valence electrons. The van der Waals surface area contributed by atoms with Crippen molar-refractivity contribution in [3.63, 3.8) is 0 Å². The number of unbranched alkanes of at least 4 members (excludes halogenated alkanes) is 16. The molecule has 7 heteroatoms. The Balaban J connectivity index is 0.0000108. The number of carboxylic acid groups (broad SMARTS) is 1. The highest BCUT2D eigenvalue weighted by Gasteiger charge is 2.13. The minimum absolute atomic E-state index is 0.0181. The van der Waals surface area contributed by atoms with Gasteiger partial charge in [-0.05, 0) is 127 Å². The maximum atomic E-state index is 11.9. The van der Waals surface area contributed by atoms with Crippen molar-refractivity contribution in [1.29, 1.82) is 0 Å². The van der Waals surface area contributed by atoms with Gasteiger partial charge in [0.05, 0.1) is 13.2 Å². The lowest BCUT2D eigenvalue weighted by Crippen LogP contribution is -2.30. The van der Waals surface area contributed by atoms with Crippen molar-refractivity contribution in [2.24, 2.45) is 17.8 Å². The quantitative estimate of drug-likeness (QED) is 0.0284. The summed E-state index contributed by atoms with van der Waals surface area (Å²) in [6.07, 6.45) is 50.1. The van der Waals surface area contributed by atoms with E-state index in [4.69, 9.17) is 19.4 Å². The van der Waals surface area contributed by atoms with Crippen LogP contribution in [0.5, 0.6) is 0 Å². The highest BCUT2D eigenvalue weighted by atomic mass is 16.5. The number of piperidine rings is 1. The van der Waals surface area contributed by atoms with Crippen molar-refractivity contribution < 1.29 is 29.0 Å². The Hall–Kier alpha value is -2.15. The van der Waals surface area contributed by atoms with Crippen LogP contribution in [0.1, 0.15) is 240 Å². The van der Waals surface area contributed by atoms with Crippen LogP contribution in [0.4, 0.5) is 0 Å². The number of likely N-dealkylation sites (tertiary alicyclic amines) is 1. The highest BCUT2D eigenvalue weighted by Crippen LogP contribution is 2.24. The summed E-state index contributed by atoms with van der Waals surface area (Å²) in [5.74, 6) is 1.94. The smallest absolute Gasteiger partial charge is 0.305 e. The van der Waals surface area contributed by atoms with Gasteiger partial charge in [0, 0.05) is 12.8 Å². The molecule has 0 radical (unpaired) electrons. The number of carbonyl (C=O) groups excluding carboxylic acids is 2. The van der Waals surface area contributed by atoms with E-state index in [9.17, 15) is 9.59 Å². The number of allylic oxidation sites excluding steroid dienone is 4.